The summed E-state index contributed by atoms with van der Waals surface area (Å²) in [5, 5.41) is 2.93. The van der Waals surface area contributed by atoms with E-state index in [0.29, 0.717) is 23.8 Å². The second-order valence-electron chi connectivity index (χ2n) is 8.51. The van der Waals surface area contributed by atoms with Crippen molar-refractivity contribution in [2.75, 3.05) is 5.32 Å². The maximum Gasteiger partial charge on any atom is 0.255 e. The predicted molar refractivity (Wildman–Crippen MR) is 128 cm³/mol. The molecule has 0 aliphatic rings. The number of ether oxygens (including phenoxy) is 1. The number of fused-ring (bicyclic) bond motifs is 1. The summed E-state index contributed by atoms with van der Waals surface area (Å²) in [6.45, 7) is 8.27. The normalized spacial score (nSPS) is 11.3. The largest absolute Gasteiger partial charge is 0.491 e. The number of nitrogens with one attached hydrogen (secondary N) is 1. The van der Waals surface area contributed by atoms with E-state index < -0.39 is 0 Å². The van der Waals surface area contributed by atoms with Gasteiger partial charge in [0, 0.05) is 17.7 Å². The van der Waals surface area contributed by atoms with Crippen molar-refractivity contribution >= 4 is 22.7 Å². The van der Waals surface area contributed by atoms with Crippen molar-refractivity contribution in [1.29, 1.82) is 0 Å². The first-order chi connectivity index (χ1) is 15.4. The molecular weight excluding hydrogens is 400 g/mol. The van der Waals surface area contributed by atoms with E-state index in [9.17, 15) is 4.79 Å². The van der Waals surface area contributed by atoms with Gasteiger partial charge in [0.15, 0.2) is 11.5 Å². The van der Waals surface area contributed by atoms with Gasteiger partial charge < -0.3 is 14.5 Å². The van der Waals surface area contributed by atoms with Crippen LogP contribution in [0.5, 0.6) is 5.75 Å². The van der Waals surface area contributed by atoms with Crippen LogP contribution in [0.1, 0.15) is 61.0 Å². The van der Waals surface area contributed by atoms with Gasteiger partial charge in [-0.05, 0) is 79.4 Å². The molecule has 0 aliphatic heterocycles. The molecule has 0 radical (unpaired) electrons. The van der Waals surface area contributed by atoms with Crippen molar-refractivity contribution in [3.8, 4) is 5.75 Å². The highest BCUT2D eigenvalue weighted by Gasteiger charge is 2.10. The van der Waals surface area contributed by atoms with E-state index in [0.717, 1.165) is 28.1 Å². The maximum atomic E-state index is 12.5. The molecule has 1 aromatic heterocycles. The summed E-state index contributed by atoms with van der Waals surface area (Å²) in [4.78, 5) is 17.2. The van der Waals surface area contributed by atoms with Crippen molar-refractivity contribution < 1.29 is 13.9 Å². The van der Waals surface area contributed by atoms with Crippen LogP contribution in [0.4, 0.5) is 5.69 Å². The van der Waals surface area contributed by atoms with E-state index in [1.165, 1.54) is 5.56 Å². The first-order valence-electron chi connectivity index (χ1n) is 10.9. The Kier molecular flexibility index (Phi) is 6.26. The summed E-state index contributed by atoms with van der Waals surface area (Å²) in [7, 11) is 0. The third-order valence-corrected chi connectivity index (χ3v) is 5.18. The lowest BCUT2D eigenvalue weighted by molar-refractivity contribution is 0.102. The van der Waals surface area contributed by atoms with Gasteiger partial charge in [-0.25, -0.2) is 4.98 Å². The molecule has 0 aliphatic carbocycles. The Balaban J connectivity index is 1.39. The van der Waals surface area contributed by atoms with Crippen LogP contribution in [0.25, 0.3) is 11.1 Å². The zero-order chi connectivity index (χ0) is 22.7. The summed E-state index contributed by atoms with van der Waals surface area (Å²) in [5.41, 5.74) is 5.32. The standard InChI is InChI=1S/C27H28N2O3/c1-17(2)21-9-14-25-24(16-21)29-26(32-25)15-19-5-10-22(11-6-19)28-27(30)20-7-12-23(13-8-20)31-18(3)4/h5-14,16-18H,15H2,1-4H3,(H,28,30). The minimum Gasteiger partial charge on any atom is -0.491 e. The van der Waals surface area contributed by atoms with Gasteiger partial charge in [0.05, 0.1) is 6.10 Å². The Morgan fingerprint density at radius 2 is 1.69 bits per heavy atom. The topological polar surface area (TPSA) is 64.4 Å². The molecule has 0 saturated heterocycles. The minimum absolute atomic E-state index is 0.0977. The summed E-state index contributed by atoms with van der Waals surface area (Å²) in [6, 6.07) is 21.0. The molecule has 5 nitrogen and oxygen atoms in total. The number of anilines is 1. The number of carbonyl (C=O) groups excluding carboxylic acids is 1. The van der Waals surface area contributed by atoms with Crippen LogP contribution in [0.3, 0.4) is 0 Å². The number of nitrogens with zero attached hydrogens (tertiary/aromatic N) is 1. The van der Waals surface area contributed by atoms with E-state index in [2.05, 4.69) is 36.3 Å². The third-order valence-electron chi connectivity index (χ3n) is 5.18. The average molecular weight is 429 g/mol. The van der Waals surface area contributed by atoms with Gasteiger partial charge in [0.1, 0.15) is 11.3 Å². The van der Waals surface area contributed by atoms with Gasteiger partial charge in [-0.15, -0.1) is 0 Å². The zero-order valence-corrected chi connectivity index (χ0v) is 18.9. The molecule has 164 valence electrons. The number of rotatable bonds is 7. The molecule has 0 unspecified atom stereocenters. The fourth-order valence-electron chi connectivity index (χ4n) is 3.47. The van der Waals surface area contributed by atoms with Gasteiger partial charge in [0.25, 0.3) is 5.91 Å². The van der Waals surface area contributed by atoms with E-state index in [1.807, 2.05) is 56.3 Å². The molecule has 0 spiro atoms. The molecule has 4 rings (SSSR count). The summed E-state index contributed by atoms with van der Waals surface area (Å²) >= 11 is 0. The predicted octanol–water partition coefficient (Wildman–Crippen LogP) is 6.58. The summed E-state index contributed by atoms with van der Waals surface area (Å²) < 4.78 is 11.5. The van der Waals surface area contributed by atoms with Crippen LogP contribution < -0.4 is 10.1 Å². The van der Waals surface area contributed by atoms with Crippen molar-refractivity contribution in [3.63, 3.8) is 0 Å². The van der Waals surface area contributed by atoms with Crippen LogP contribution in [-0.2, 0) is 6.42 Å². The van der Waals surface area contributed by atoms with E-state index in [4.69, 9.17) is 9.15 Å². The van der Waals surface area contributed by atoms with E-state index in [1.54, 1.807) is 12.1 Å². The van der Waals surface area contributed by atoms with Gasteiger partial charge >= 0.3 is 0 Å². The second kappa shape index (κ2) is 9.27. The fourth-order valence-corrected chi connectivity index (χ4v) is 3.47. The molecular formula is C27H28N2O3. The highest BCUT2D eigenvalue weighted by Crippen LogP contribution is 2.23. The van der Waals surface area contributed by atoms with Crippen LogP contribution in [0.15, 0.2) is 71.1 Å². The van der Waals surface area contributed by atoms with Crippen molar-refractivity contribution in [1.82, 2.24) is 4.98 Å². The van der Waals surface area contributed by atoms with Gasteiger partial charge in [-0.2, -0.15) is 0 Å². The molecule has 0 fully saturated rings. The number of amides is 1. The molecule has 32 heavy (non-hydrogen) atoms. The van der Waals surface area contributed by atoms with Crippen molar-refractivity contribution in [2.24, 2.45) is 0 Å². The lowest BCUT2D eigenvalue weighted by Crippen LogP contribution is -2.12. The quantitative estimate of drug-likeness (QED) is 0.361. The Bertz CT molecular complexity index is 1210. The number of hydrogen-bond donors (Lipinski definition) is 1. The van der Waals surface area contributed by atoms with Crippen molar-refractivity contribution in [2.45, 2.75) is 46.1 Å². The third kappa shape index (κ3) is 5.17. The Labute approximate surface area is 188 Å². The number of carbonyl (C=O) groups is 1. The fraction of sp³-hybridized carbons (Fsp3) is 0.259. The Hall–Kier alpha value is -3.60. The molecule has 4 aromatic rings. The molecule has 1 heterocycles. The SMILES string of the molecule is CC(C)Oc1ccc(C(=O)Nc2ccc(Cc3nc4cc(C(C)C)ccc4o3)cc2)cc1. The van der Waals surface area contributed by atoms with Crippen molar-refractivity contribution in [3.05, 3.63) is 89.3 Å². The van der Waals surface area contributed by atoms with Crippen LogP contribution >= 0.6 is 0 Å². The summed E-state index contributed by atoms with van der Waals surface area (Å²) in [6.07, 6.45) is 0.692. The highest BCUT2D eigenvalue weighted by atomic mass is 16.5. The molecule has 0 bridgehead atoms. The lowest BCUT2D eigenvalue weighted by Gasteiger charge is -2.10. The average Bonchev–Trinajstić information content (AvgIpc) is 3.16. The smallest absolute Gasteiger partial charge is 0.255 e. The monoisotopic (exact) mass is 428 g/mol. The Morgan fingerprint density at radius 1 is 0.969 bits per heavy atom. The van der Waals surface area contributed by atoms with Crippen LogP contribution in [-0.4, -0.2) is 17.0 Å². The number of aromatic nitrogens is 1. The van der Waals surface area contributed by atoms with Crippen LogP contribution in [0, 0.1) is 0 Å². The Morgan fingerprint density at radius 3 is 2.34 bits per heavy atom. The summed E-state index contributed by atoms with van der Waals surface area (Å²) in [5.74, 6) is 1.73. The first kappa shape index (κ1) is 21.6. The lowest BCUT2D eigenvalue weighted by atomic mass is 10.0. The highest BCUT2D eigenvalue weighted by molar-refractivity contribution is 6.04. The second-order valence-corrected chi connectivity index (χ2v) is 8.51. The molecule has 1 N–H and O–H groups in total. The number of hydrogen-bond acceptors (Lipinski definition) is 4. The molecule has 5 heteroatoms. The molecule has 0 saturated carbocycles. The van der Waals surface area contributed by atoms with Gasteiger partial charge in [-0.3, -0.25) is 4.79 Å². The van der Waals surface area contributed by atoms with Gasteiger partial charge in [0.2, 0.25) is 0 Å². The zero-order valence-electron chi connectivity index (χ0n) is 18.9. The number of benzene rings is 3. The molecule has 3 aromatic carbocycles. The van der Waals surface area contributed by atoms with Gasteiger partial charge in [-0.1, -0.05) is 32.0 Å². The number of oxazole rings is 1. The molecule has 0 atom stereocenters. The maximum absolute atomic E-state index is 12.5. The molecule has 1 amide bonds. The first-order valence-corrected chi connectivity index (χ1v) is 10.9. The minimum atomic E-state index is -0.159. The van der Waals surface area contributed by atoms with Crippen LogP contribution in [0.2, 0.25) is 0 Å². The van der Waals surface area contributed by atoms with E-state index in [-0.39, 0.29) is 12.0 Å². The van der Waals surface area contributed by atoms with E-state index >= 15 is 0 Å².